The molecule has 14 heavy (non-hydrogen) atoms. The number of hydrogen-bond acceptors (Lipinski definition) is 5. The van der Waals surface area contributed by atoms with Crippen LogP contribution < -0.4 is 0 Å². The summed E-state index contributed by atoms with van der Waals surface area (Å²) in [6, 6.07) is 0. The second kappa shape index (κ2) is 4.08. The lowest BCUT2D eigenvalue weighted by Crippen LogP contribution is -2.40. The SMILES string of the molecule is CCOC(=O)[C@H]1CCC(=O)CS1(=O)=O. The van der Waals surface area contributed by atoms with Gasteiger partial charge >= 0.3 is 5.97 Å². The van der Waals surface area contributed by atoms with Gasteiger partial charge in [0.25, 0.3) is 0 Å². The fraction of sp³-hybridized carbons (Fsp3) is 0.750. The molecule has 0 aromatic carbocycles. The first-order valence-electron chi connectivity index (χ1n) is 4.37. The number of Topliss-reactive ketones (excluding diaryl/α,β-unsaturated/α-hetero) is 1. The van der Waals surface area contributed by atoms with Crippen LogP contribution in [0.4, 0.5) is 0 Å². The predicted molar refractivity (Wildman–Crippen MR) is 48.4 cm³/mol. The van der Waals surface area contributed by atoms with E-state index in [0.29, 0.717) is 0 Å². The van der Waals surface area contributed by atoms with Crippen molar-refractivity contribution in [2.24, 2.45) is 0 Å². The molecule has 0 N–H and O–H groups in total. The highest BCUT2D eigenvalue weighted by molar-refractivity contribution is 7.93. The standard InChI is InChI=1S/C8H12O5S/c1-2-13-8(10)7-4-3-6(9)5-14(7,11)12/h7H,2-5H2,1H3/t7-/m1/s1. The van der Waals surface area contributed by atoms with E-state index in [4.69, 9.17) is 0 Å². The van der Waals surface area contributed by atoms with Gasteiger partial charge in [-0.2, -0.15) is 0 Å². The van der Waals surface area contributed by atoms with Gasteiger partial charge in [0.2, 0.25) is 0 Å². The molecule has 5 nitrogen and oxygen atoms in total. The number of carbonyl (C=O) groups is 2. The van der Waals surface area contributed by atoms with Crippen molar-refractivity contribution in [1.29, 1.82) is 0 Å². The normalized spacial score (nSPS) is 25.8. The lowest BCUT2D eigenvalue weighted by atomic mass is 10.2. The number of rotatable bonds is 2. The van der Waals surface area contributed by atoms with E-state index in [0.717, 1.165) is 0 Å². The van der Waals surface area contributed by atoms with Gasteiger partial charge in [0, 0.05) is 6.42 Å². The Bertz CT molecular complexity index is 343. The van der Waals surface area contributed by atoms with Crippen molar-refractivity contribution >= 4 is 21.6 Å². The van der Waals surface area contributed by atoms with Gasteiger partial charge in [-0.25, -0.2) is 8.42 Å². The predicted octanol–water partition coefficient (Wildman–Crippen LogP) is -0.304. The number of hydrogen-bond donors (Lipinski definition) is 0. The van der Waals surface area contributed by atoms with E-state index in [-0.39, 0.29) is 25.2 Å². The molecular weight excluding hydrogens is 208 g/mol. The molecule has 1 fully saturated rings. The lowest BCUT2D eigenvalue weighted by molar-refractivity contribution is -0.142. The quantitative estimate of drug-likeness (QED) is 0.597. The zero-order chi connectivity index (χ0) is 10.8. The maximum Gasteiger partial charge on any atom is 0.324 e. The van der Waals surface area contributed by atoms with E-state index in [1.165, 1.54) is 0 Å². The van der Waals surface area contributed by atoms with E-state index in [1.54, 1.807) is 6.92 Å². The number of carbonyl (C=O) groups excluding carboxylic acids is 2. The molecule has 0 radical (unpaired) electrons. The smallest absolute Gasteiger partial charge is 0.324 e. The summed E-state index contributed by atoms with van der Waals surface area (Å²) in [5.41, 5.74) is 0. The highest BCUT2D eigenvalue weighted by Crippen LogP contribution is 2.18. The summed E-state index contributed by atoms with van der Waals surface area (Å²) in [6.45, 7) is 1.76. The van der Waals surface area contributed by atoms with Crippen LogP contribution in [-0.4, -0.2) is 37.8 Å². The van der Waals surface area contributed by atoms with Crippen LogP contribution >= 0.6 is 0 Å². The van der Waals surface area contributed by atoms with Crippen LogP contribution in [0.3, 0.4) is 0 Å². The molecule has 80 valence electrons. The average molecular weight is 220 g/mol. The minimum atomic E-state index is -3.62. The van der Waals surface area contributed by atoms with Crippen molar-refractivity contribution < 1.29 is 22.7 Å². The van der Waals surface area contributed by atoms with Gasteiger partial charge in [-0.3, -0.25) is 9.59 Å². The molecule has 0 unspecified atom stereocenters. The van der Waals surface area contributed by atoms with Crippen LogP contribution in [0.2, 0.25) is 0 Å². The van der Waals surface area contributed by atoms with Gasteiger partial charge in [0.15, 0.2) is 15.1 Å². The molecule has 1 heterocycles. The Morgan fingerprint density at radius 2 is 2.21 bits per heavy atom. The summed E-state index contributed by atoms with van der Waals surface area (Å²) in [4.78, 5) is 22.1. The fourth-order valence-electron chi connectivity index (χ4n) is 1.37. The highest BCUT2D eigenvalue weighted by Gasteiger charge is 2.39. The number of ketones is 1. The first kappa shape index (κ1) is 11.2. The molecule has 0 aliphatic carbocycles. The molecule has 1 atom stereocenters. The number of ether oxygens (including phenoxy) is 1. The van der Waals surface area contributed by atoms with Gasteiger partial charge in [0.05, 0.1) is 6.61 Å². The molecule has 1 aliphatic rings. The third-order valence-electron chi connectivity index (χ3n) is 2.03. The second-order valence-corrected chi connectivity index (χ2v) is 5.31. The van der Waals surface area contributed by atoms with Crippen molar-refractivity contribution in [2.45, 2.75) is 25.0 Å². The largest absolute Gasteiger partial charge is 0.465 e. The number of esters is 1. The first-order valence-corrected chi connectivity index (χ1v) is 6.09. The third kappa shape index (κ3) is 2.31. The molecule has 0 bridgehead atoms. The summed E-state index contributed by atoms with van der Waals surface area (Å²) < 4.78 is 27.4. The summed E-state index contributed by atoms with van der Waals surface area (Å²) in [7, 11) is -3.62. The van der Waals surface area contributed by atoms with Crippen molar-refractivity contribution in [1.82, 2.24) is 0 Å². The molecular formula is C8H12O5S. The van der Waals surface area contributed by atoms with E-state index >= 15 is 0 Å². The van der Waals surface area contributed by atoms with Crippen LogP contribution in [-0.2, 0) is 24.2 Å². The van der Waals surface area contributed by atoms with Crippen molar-refractivity contribution in [3.05, 3.63) is 0 Å². The monoisotopic (exact) mass is 220 g/mol. The van der Waals surface area contributed by atoms with Gasteiger partial charge in [-0.05, 0) is 13.3 Å². The number of sulfone groups is 1. The van der Waals surface area contributed by atoms with Gasteiger partial charge in [-0.1, -0.05) is 0 Å². The zero-order valence-electron chi connectivity index (χ0n) is 7.86. The molecule has 0 saturated carbocycles. The highest BCUT2D eigenvalue weighted by atomic mass is 32.2. The minimum absolute atomic E-state index is 0.0556. The van der Waals surface area contributed by atoms with E-state index in [9.17, 15) is 18.0 Å². The summed E-state index contributed by atoms with van der Waals surface area (Å²) in [5, 5.41) is -1.14. The average Bonchev–Trinajstić information content (AvgIpc) is 2.01. The van der Waals surface area contributed by atoms with E-state index in [1.807, 2.05) is 0 Å². The zero-order valence-corrected chi connectivity index (χ0v) is 8.67. The Kier molecular flexibility index (Phi) is 3.25. The van der Waals surface area contributed by atoms with E-state index < -0.39 is 26.8 Å². The Morgan fingerprint density at radius 1 is 1.57 bits per heavy atom. The van der Waals surface area contributed by atoms with Gasteiger partial charge in [0.1, 0.15) is 11.5 Å². The molecule has 6 heteroatoms. The fourth-order valence-corrected chi connectivity index (χ4v) is 3.00. The summed E-state index contributed by atoms with van der Waals surface area (Å²) in [5.74, 6) is -1.60. The van der Waals surface area contributed by atoms with Crippen molar-refractivity contribution in [3.8, 4) is 0 Å². The molecule has 1 aliphatic heterocycles. The topological polar surface area (TPSA) is 77.5 Å². The first-order chi connectivity index (χ1) is 6.47. The van der Waals surface area contributed by atoms with Crippen LogP contribution in [0.1, 0.15) is 19.8 Å². The van der Waals surface area contributed by atoms with Gasteiger partial charge in [-0.15, -0.1) is 0 Å². The molecule has 0 spiro atoms. The van der Waals surface area contributed by atoms with Crippen molar-refractivity contribution in [2.75, 3.05) is 12.4 Å². The van der Waals surface area contributed by atoms with Crippen LogP contribution in [0.25, 0.3) is 0 Å². The van der Waals surface area contributed by atoms with Crippen molar-refractivity contribution in [3.63, 3.8) is 0 Å². The van der Waals surface area contributed by atoms with Crippen LogP contribution in [0.5, 0.6) is 0 Å². The summed E-state index contributed by atoms with van der Waals surface area (Å²) in [6.07, 6.45) is 0.197. The maximum atomic E-state index is 11.4. The minimum Gasteiger partial charge on any atom is -0.465 e. The molecule has 1 saturated heterocycles. The van der Waals surface area contributed by atoms with Gasteiger partial charge < -0.3 is 4.74 Å². The van der Waals surface area contributed by atoms with E-state index in [2.05, 4.69) is 4.74 Å². The molecule has 0 aromatic rings. The van der Waals surface area contributed by atoms with Crippen LogP contribution in [0, 0.1) is 0 Å². The maximum absolute atomic E-state index is 11.4. The Labute approximate surface area is 82.4 Å². The summed E-state index contributed by atoms with van der Waals surface area (Å²) >= 11 is 0. The van der Waals surface area contributed by atoms with Crippen LogP contribution in [0.15, 0.2) is 0 Å². The lowest BCUT2D eigenvalue weighted by Gasteiger charge is -2.19. The Balaban J connectivity index is 2.80. The molecule has 0 amide bonds. The molecule has 1 rings (SSSR count). The molecule has 0 aromatic heterocycles. The Hall–Kier alpha value is -0.910. The Morgan fingerprint density at radius 3 is 2.71 bits per heavy atom. The third-order valence-corrected chi connectivity index (χ3v) is 4.05. The second-order valence-electron chi connectivity index (χ2n) is 3.13.